The number of nitrogens with zero attached hydrogens (tertiary/aromatic N) is 1. The minimum absolute atomic E-state index is 0.630. The van der Waals surface area contributed by atoms with Crippen LogP contribution in [-0.2, 0) is 0 Å². The van der Waals surface area contributed by atoms with Gasteiger partial charge in [-0.05, 0) is 37.0 Å². The summed E-state index contributed by atoms with van der Waals surface area (Å²) in [6.45, 7) is 2.31. The van der Waals surface area contributed by atoms with E-state index in [9.17, 15) is 0 Å². The van der Waals surface area contributed by atoms with Crippen LogP contribution in [0.4, 0.5) is 5.69 Å². The molecule has 1 saturated carbocycles. The summed E-state index contributed by atoms with van der Waals surface area (Å²) in [6, 6.07) is 11.2. The third kappa shape index (κ3) is 3.03. The van der Waals surface area contributed by atoms with Crippen molar-refractivity contribution < 1.29 is 0 Å². The van der Waals surface area contributed by atoms with Gasteiger partial charge in [-0.3, -0.25) is 5.10 Å². The molecule has 1 aromatic heterocycles. The van der Waals surface area contributed by atoms with Crippen molar-refractivity contribution in [3.8, 4) is 11.3 Å². The lowest BCUT2D eigenvalue weighted by Gasteiger charge is -2.30. The molecule has 0 radical (unpaired) electrons. The Kier molecular flexibility index (Phi) is 4.05. The number of benzene rings is 1. The highest BCUT2D eigenvalue weighted by Gasteiger charge is 2.20. The van der Waals surface area contributed by atoms with Crippen LogP contribution in [0.1, 0.15) is 39.0 Å². The van der Waals surface area contributed by atoms with Gasteiger partial charge in [-0.25, -0.2) is 0 Å². The molecule has 1 aliphatic rings. The van der Waals surface area contributed by atoms with E-state index in [1.165, 1.54) is 43.4 Å². The lowest BCUT2D eigenvalue weighted by atomic mass is 9.84. The normalized spacial score (nSPS) is 22.6. The minimum Gasteiger partial charge on any atom is -0.382 e. The Labute approximate surface area is 120 Å². The van der Waals surface area contributed by atoms with E-state index in [0.29, 0.717) is 6.04 Å². The molecule has 2 unspecified atom stereocenters. The summed E-state index contributed by atoms with van der Waals surface area (Å²) in [5.41, 5.74) is 3.48. The largest absolute Gasteiger partial charge is 0.382 e. The summed E-state index contributed by atoms with van der Waals surface area (Å²) in [5.74, 6) is 0.900. The molecule has 106 valence electrons. The Hall–Kier alpha value is -1.77. The fraction of sp³-hybridized carbons (Fsp3) is 0.471. The summed E-state index contributed by atoms with van der Waals surface area (Å²) in [4.78, 5) is 0. The second-order valence-corrected chi connectivity index (χ2v) is 5.83. The third-order valence-electron chi connectivity index (χ3n) is 4.41. The lowest BCUT2D eigenvalue weighted by molar-refractivity contribution is 0.327. The van der Waals surface area contributed by atoms with Gasteiger partial charge in [-0.1, -0.05) is 38.3 Å². The Bertz CT molecular complexity index is 533. The van der Waals surface area contributed by atoms with Crippen LogP contribution in [0, 0.1) is 5.92 Å². The van der Waals surface area contributed by atoms with Gasteiger partial charge in [-0.15, -0.1) is 0 Å². The summed E-state index contributed by atoms with van der Waals surface area (Å²) in [5, 5.41) is 10.8. The maximum Gasteiger partial charge on any atom is 0.0650 e. The Balaban J connectivity index is 1.70. The first-order valence-electron chi connectivity index (χ1n) is 7.71. The molecule has 2 atom stereocenters. The summed E-state index contributed by atoms with van der Waals surface area (Å²) in [6.07, 6.45) is 8.48. The third-order valence-corrected chi connectivity index (χ3v) is 4.41. The first-order valence-corrected chi connectivity index (χ1v) is 7.71. The maximum atomic E-state index is 4.02. The van der Waals surface area contributed by atoms with Crippen LogP contribution in [0.25, 0.3) is 11.3 Å². The predicted octanol–water partition coefficient (Wildman–Crippen LogP) is 4.46. The summed E-state index contributed by atoms with van der Waals surface area (Å²) < 4.78 is 0. The molecule has 1 heterocycles. The Morgan fingerprint density at radius 2 is 2.25 bits per heavy atom. The van der Waals surface area contributed by atoms with Gasteiger partial charge < -0.3 is 5.32 Å². The zero-order chi connectivity index (χ0) is 13.8. The van der Waals surface area contributed by atoms with E-state index in [-0.39, 0.29) is 0 Å². The highest BCUT2D eigenvalue weighted by atomic mass is 15.1. The van der Waals surface area contributed by atoms with Crippen LogP contribution in [-0.4, -0.2) is 16.2 Å². The smallest absolute Gasteiger partial charge is 0.0650 e. The monoisotopic (exact) mass is 269 g/mol. The molecule has 20 heavy (non-hydrogen) atoms. The molecule has 3 rings (SSSR count). The van der Waals surface area contributed by atoms with Crippen molar-refractivity contribution in [2.45, 2.75) is 45.1 Å². The summed E-state index contributed by atoms with van der Waals surface area (Å²) in [7, 11) is 0. The van der Waals surface area contributed by atoms with Crippen LogP contribution in [0.5, 0.6) is 0 Å². The molecule has 0 amide bonds. The highest BCUT2D eigenvalue weighted by molar-refractivity contribution is 5.64. The highest BCUT2D eigenvalue weighted by Crippen LogP contribution is 2.29. The molecule has 2 aromatic rings. The van der Waals surface area contributed by atoms with E-state index < -0.39 is 0 Å². The molecule has 1 aromatic carbocycles. The second kappa shape index (κ2) is 6.12. The van der Waals surface area contributed by atoms with Crippen molar-refractivity contribution in [3.05, 3.63) is 36.5 Å². The fourth-order valence-electron chi connectivity index (χ4n) is 3.22. The van der Waals surface area contributed by atoms with Crippen LogP contribution in [0.15, 0.2) is 36.5 Å². The molecule has 0 bridgehead atoms. The van der Waals surface area contributed by atoms with Gasteiger partial charge >= 0.3 is 0 Å². The predicted molar refractivity (Wildman–Crippen MR) is 83.7 cm³/mol. The van der Waals surface area contributed by atoms with Gasteiger partial charge in [0.25, 0.3) is 0 Å². The molecule has 2 N–H and O–H groups in total. The van der Waals surface area contributed by atoms with Crippen molar-refractivity contribution in [3.63, 3.8) is 0 Å². The van der Waals surface area contributed by atoms with Crippen molar-refractivity contribution >= 4 is 5.69 Å². The minimum atomic E-state index is 0.630. The van der Waals surface area contributed by atoms with E-state index in [1.54, 1.807) is 6.20 Å². The number of aromatic amines is 1. The SMILES string of the molecule is CCC1CCCC(Nc2cccc(-c3ccn[nH]3)c2)C1. The molecule has 1 aliphatic carbocycles. The van der Waals surface area contributed by atoms with E-state index in [0.717, 1.165) is 11.6 Å². The van der Waals surface area contributed by atoms with Crippen molar-refractivity contribution in [2.24, 2.45) is 5.92 Å². The first-order chi connectivity index (χ1) is 9.85. The van der Waals surface area contributed by atoms with Crippen LogP contribution >= 0.6 is 0 Å². The fourth-order valence-corrected chi connectivity index (χ4v) is 3.22. The lowest BCUT2D eigenvalue weighted by Crippen LogP contribution is -2.27. The molecule has 3 heteroatoms. The van der Waals surface area contributed by atoms with Gasteiger partial charge in [0.15, 0.2) is 0 Å². The quantitative estimate of drug-likeness (QED) is 0.860. The Morgan fingerprint density at radius 3 is 3.05 bits per heavy atom. The standard InChI is InChI=1S/C17H23N3/c1-2-13-5-3-7-15(11-13)19-16-8-4-6-14(12-16)17-9-10-18-20-17/h4,6,8-10,12-13,15,19H,2-3,5,7,11H2,1H3,(H,18,20). The number of H-pyrrole nitrogens is 1. The van der Waals surface area contributed by atoms with Crippen LogP contribution < -0.4 is 5.32 Å². The van der Waals surface area contributed by atoms with Crippen molar-refractivity contribution in [1.82, 2.24) is 10.2 Å². The number of aromatic nitrogens is 2. The average Bonchev–Trinajstić information content (AvgIpc) is 3.02. The molecule has 0 spiro atoms. The van der Waals surface area contributed by atoms with Crippen LogP contribution in [0.2, 0.25) is 0 Å². The van der Waals surface area contributed by atoms with Crippen LogP contribution in [0.3, 0.4) is 0 Å². The first kappa shape index (κ1) is 13.2. The van der Waals surface area contributed by atoms with E-state index in [2.05, 4.69) is 46.7 Å². The molecule has 0 aliphatic heterocycles. The van der Waals surface area contributed by atoms with E-state index in [4.69, 9.17) is 0 Å². The molecule has 0 saturated heterocycles. The van der Waals surface area contributed by atoms with Gasteiger partial charge in [0, 0.05) is 23.5 Å². The van der Waals surface area contributed by atoms with Gasteiger partial charge in [-0.2, -0.15) is 5.10 Å². The number of rotatable bonds is 4. The maximum absolute atomic E-state index is 4.02. The Morgan fingerprint density at radius 1 is 1.30 bits per heavy atom. The van der Waals surface area contributed by atoms with Crippen molar-refractivity contribution in [2.75, 3.05) is 5.32 Å². The molecular weight excluding hydrogens is 246 g/mol. The second-order valence-electron chi connectivity index (χ2n) is 5.83. The zero-order valence-electron chi connectivity index (χ0n) is 12.1. The zero-order valence-corrected chi connectivity index (χ0v) is 12.1. The topological polar surface area (TPSA) is 40.7 Å². The number of hydrogen-bond donors (Lipinski definition) is 2. The van der Waals surface area contributed by atoms with E-state index in [1.807, 2.05) is 6.07 Å². The van der Waals surface area contributed by atoms with E-state index >= 15 is 0 Å². The average molecular weight is 269 g/mol. The summed E-state index contributed by atoms with van der Waals surface area (Å²) >= 11 is 0. The molecule has 3 nitrogen and oxygen atoms in total. The number of anilines is 1. The number of hydrogen-bond acceptors (Lipinski definition) is 2. The van der Waals surface area contributed by atoms with Gasteiger partial charge in [0.05, 0.1) is 5.69 Å². The van der Waals surface area contributed by atoms with Gasteiger partial charge in [0.2, 0.25) is 0 Å². The number of nitrogens with one attached hydrogen (secondary N) is 2. The van der Waals surface area contributed by atoms with Gasteiger partial charge in [0.1, 0.15) is 0 Å². The molecular formula is C17H23N3. The molecule has 1 fully saturated rings. The van der Waals surface area contributed by atoms with Crippen molar-refractivity contribution in [1.29, 1.82) is 0 Å².